The van der Waals surface area contributed by atoms with Gasteiger partial charge in [0.05, 0.1) is 38.6 Å². The number of nitrogens with one attached hydrogen (secondary N) is 1. The van der Waals surface area contributed by atoms with E-state index in [1.165, 1.54) is 57.8 Å². The van der Waals surface area contributed by atoms with Crippen LogP contribution in [0.2, 0.25) is 0 Å². The Labute approximate surface area is 470 Å². The van der Waals surface area contributed by atoms with Crippen molar-refractivity contribution in [1.29, 1.82) is 0 Å². The molecule has 3 saturated heterocycles. The van der Waals surface area contributed by atoms with E-state index in [0.717, 1.165) is 77.0 Å². The fourth-order valence-corrected chi connectivity index (χ4v) is 9.61. The smallest absolute Gasteiger partial charge is 0.220 e. The summed E-state index contributed by atoms with van der Waals surface area (Å²) in [5.41, 5.74) is 0. The van der Waals surface area contributed by atoms with E-state index < -0.39 is 124 Å². The minimum Gasteiger partial charge on any atom is -0.394 e. The van der Waals surface area contributed by atoms with Gasteiger partial charge in [0.1, 0.15) is 73.2 Å². The molecule has 19 heteroatoms. The summed E-state index contributed by atoms with van der Waals surface area (Å²) in [5.74, 6) is -0.296. The van der Waals surface area contributed by atoms with Gasteiger partial charge in [-0.15, -0.1) is 0 Å². The maximum atomic E-state index is 13.3. The first-order valence-corrected chi connectivity index (χ1v) is 29.7. The van der Waals surface area contributed by atoms with Crippen LogP contribution >= 0.6 is 0 Å². The van der Waals surface area contributed by atoms with E-state index in [1.807, 2.05) is 6.08 Å². The number of unbranched alkanes of at least 4 members (excludes halogenated alkanes) is 16. The van der Waals surface area contributed by atoms with Gasteiger partial charge < -0.3 is 89.9 Å². The molecular weight excluding hydrogens is 1020 g/mol. The van der Waals surface area contributed by atoms with Crippen molar-refractivity contribution in [2.45, 2.75) is 272 Å². The third-order valence-electron chi connectivity index (χ3n) is 14.5. The van der Waals surface area contributed by atoms with Crippen molar-refractivity contribution in [2.75, 3.05) is 26.4 Å². The van der Waals surface area contributed by atoms with Gasteiger partial charge in [-0.25, -0.2) is 0 Å². The highest BCUT2D eigenvalue weighted by molar-refractivity contribution is 5.76. The van der Waals surface area contributed by atoms with Gasteiger partial charge in [-0.1, -0.05) is 164 Å². The number of rotatable bonds is 42. The van der Waals surface area contributed by atoms with Gasteiger partial charge in [-0.3, -0.25) is 4.79 Å². The van der Waals surface area contributed by atoms with E-state index in [1.54, 1.807) is 6.08 Å². The second kappa shape index (κ2) is 43.0. The lowest BCUT2D eigenvalue weighted by Gasteiger charge is -2.48. The second-order valence-corrected chi connectivity index (χ2v) is 21.1. The van der Waals surface area contributed by atoms with Crippen LogP contribution in [0.4, 0.5) is 0 Å². The van der Waals surface area contributed by atoms with Crippen LogP contribution < -0.4 is 5.32 Å². The lowest BCUT2D eigenvalue weighted by molar-refractivity contribution is -0.379. The maximum Gasteiger partial charge on any atom is 0.220 e. The Bertz CT molecular complexity index is 1730. The number of allylic oxidation sites excluding steroid dienone is 11. The largest absolute Gasteiger partial charge is 0.394 e. The quantitative estimate of drug-likeness (QED) is 0.0282. The van der Waals surface area contributed by atoms with Crippen molar-refractivity contribution in [2.24, 2.45) is 0 Å². The van der Waals surface area contributed by atoms with Crippen molar-refractivity contribution in [3.63, 3.8) is 0 Å². The van der Waals surface area contributed by atoms with Gasteiger partial charge in [0.2, 0.25) is 5.91 Å². The van der Waals surface area contributed by atoms with Crippen LogP contribution in [-0.4, -0.2) is 193 Å². The first-order chi connectivity index (χ1) is 38.3. The van der Waals surface area contributed by atoms with Crippen LogP contribution in [0, 0.1) is 0 Å². The SMILES string of the molecule is CC/C=C\C/C=C\C/C=C\C/C=C\CCCCCCCCCCCCC(=O)NC(COC1OC(CO)C(OC2OC(CO)C(OC3OC(CO)C(O)C(O)C3O)C(O)C2O)C(O)C1O)C(O)/C=C/CC/C=C/CCCCCCC. The molecule has 0 saturated carbocycles. The number of carbonyl (C=O) groups is 1. The van der Waals surface area contributed by atoms with Crippen molar-refractivity contribution in [3.8, 4) is 0 Å². The summed E-state index contributed by atoms with van der Waals surface area (Å²) >= 11 is 0. The molecule has 3 fully saturated rings. The Kier molecular flexibility index (Phi) is 38.3. The predicted octanol–water partition coefficient (Wildman–Crippen LogP) is 5.04. The zero-order valence-corrected chi connectivity index (χ0v) is 47.3. The van der Waals surface area contributed by atoms with E-state index in [0.29, 0.717) is 12.8 Å². The summed E-state index contributed by atoms with van der Waals surface area (Å²) in [6, 6.07) is -0.994. The van der Waals surface area contributed by atoms with E-state index in [-0.39, 0.29) is 18.9 Å². The van der Waals surface area contributed by atoms with Crippen molar-refractivity contribution >= 4 is 5.91 Å². The number of hydrogen-bond acceptors (Lipinski definition) is 18. The minimum absolute atomic E-state index is 0.226. The molecule has 17 unspecified atom stereocenters. The minimum atomic E-state index is -1.98. The average Bonchev–Trinajstić information content (AvgIpc) is 3.49. The maximum absolute atomic E-state index is 13.3. The van der Waals surface area contributed by atoms with Gasteiger partial charge in [0.25, 0.3) is 0 Å². The number of ether oxygens (including phenoxy) is 6. The lowest BCUT2D eigenvalue weighted by Crippen LogP contribution is -2.66. The molecule has 0 aromatic carbocycles. The molecule has 0 radical (unpaired) electrons. The zero-order chi connectivity index (χ0) is 57.6. The van der Waals surface area contributed by atoms with Crippen LogP contribution in [0.1, 0.15) is 168 Å². The van der Waals surface area contributed by atoms with Gasteiger partial charge in [0.15, 0.2) is 18.9 Å². The zero-order valence-electron chi connectivity index (χ0n) is 47.3. The number of amides is 1. The molecule has 3 rings (SSSR count). The molecule has 0 spiro atoms. The molecule has 456 valence electrons. The van der Waals surface area contributed by atoms with Crippen molar-refractivity contribution < 1.29 is 89.4 Å². The molecule has 3 heterocycles. The fourth-order valence-electron chi connectivity index (χ4n) is 9.61. The van der Waals surface area contributed by atoms with Gasteiger partial charge in [0, 0.05) is 6.42 Å². The van der Waals surface area contributed by atoms with Crippen molar-refractivity contribution in [1.82, 2.24) is 5.32 Å². The molecule has 12 N–H and O–H groups in total. The lowest BCUT2D eigenvalue weighted by atomic mass is 9.96. The van der Waals surface area contributed by atoms with Crippen LogP contribution in [0.15, 0.2) is 72.9 Å². The average molecular weight is 1130 g/mol. The topological polar surface area (TPSA) is 307 Å². The third-order valence-corrected chi connectivity index (χ3v) is 14.5. The fraction of sp³-hybridized carbons (Fsp3) is 0.783. The molecule has 3 aliphatic heterocycles. The molecular formula is C60H103NO18. The summed E-state index contributed by atoms with van der Waals surface area (Å²) in [7, 11) is 0. The van der Waals surface area contributed by atoms with E-state index in [4.69, 9.17) is 28.4 Å². The number of aliphatic hydroxyl groups excluding tert-OH is 11. The number of aliphatic hydroxyl groups is 11. The highest BCUT2D eigenvalue weighted by atomic mass is 16.8. The number of carbonyl (C=O) groups excluding carboxylic acids is 1. The van der Waals surface area contributed by atoms with Crippen LogP contribution in [0.25, 0.3) is 0 Å². The first kappa shape index (κ1) is 70.5. The van der Waals surface area contributed by atoms with Crippen molar-refractivity contribution in [3.05, 3.63) is 72.9 Å². The predicted molar refractivity (Wildman–Crippen MR) is 300 cm³/mol. The molecule has 3 aliphatic rings. The molecule has 17 atom stereocenters. The molecule has 0 bridgehead atoms. The summed E-state index contributed by atoms with van der Waals surface area (Å²) in [6.07, 6.45) is 23.2. The normalized spacial score (nSPS) is 30.8. The van der Waals surface area contributed by atoms with Crippen LogP contribution in [0.5, 0.6) is 0 Å². The van der Waals surface area contributed by atoms with Gasteiger partial charge >= 0.3 is 0 Å². The van der Waals surface area contributed by atoms with Gasteiger partial charge in [-0.2, -0.15) is 0 Å². The summed E-state index contributed by atoms with van der Waals surface area (Å²) in [6.45, 7) is 1.53. The summed E-state index contributed by atoms with van der Waals surface area (Å²) in [5, 5.41) is 120. The Hall–Kier alpha value is -2.77. The highest BCUT2D eigenvalue weighted by Crippen LogP contribution is 2.33. The van der Waals surface area contributed by atoms with E-state index in [9.17, 15) is 61.0 Å². The van der Waals surface area contributed by atoms with E-state index in [2.05, 4.69) is 79.9 Å². The third kappa shape index (κ3) is 27.0. The summed E-state index contributed by atoms with van der Waals surface area (Å²) in [4.78, 5) is 13.3. The molecule has 19 nitrogen and oxygen atoms in total. The second-order valence-electron chi connectivity index (χ2n) is 21.1. The standard InChI is InChI=1S/C60H103NO18/c1-3-5-7-9-11-13-15-16-17-18-19-20-21-22-23-24-25-26-28-30-32-34-36-38-48(66)61-43(44(65)37-35-33-31-29-27-14-12-10-8-6-4-2)42-74-58-54(72)51(69)56(46(40-63)76-58)79-60-55(73)52(70)57(47(41-64)77-60)78-59-53(71)50(68)49(67)45(39-62)75-59/h5,7,11,13,16-17,19-20,27,29,35,37,43-47,49-60,62-65,67-73H,3-4,6,8-10,12,14-15,18,21-26,28,30-34,36,38-42H2,1-2H3,(H,61,66)/b7-5-,13-11-,17-16-,20-19-,29-27+,37-35+. The Balaban J connectivity index is 1.47. The first-order valence-electron chi connectivity index (χ1n) is 29.7. The molecule has 0 aromatic rings. The van der Waals surface area contributed by atoms with Crippen LogP contribution in [0.3, 0.4) is 0 Å². The van der Waals surface area contributed by atoms with E-state index >= 15 is 0 Å². The number of hydrogen-bond donors (Lipinski definition) is 12. The molecule has 79 heavy (non-hydrogen) atoms. The summed E-state index contributed by atoms with van der Waals surface area (Å²) < 4.78 is 34.2. The Morgan fingerprint density at radius 2 is 0.886 bits per heavy atom. The monoisotopic (exact) mass is 1130 g/mol. The molecule has 0 aromatic heterocycles. The Morgan fingerprint density at radius 1 is 0.468 bits per heavy atom. The molecule has 0 aliphatic carbocycles. The molecule has 1 amide bonds. The van der Waals surface area contributed by atoms with Gasteiger partial charge in [-0.05, 0) is 70.6 Å². The highest BCUT2D eigenvalue weighted by Gasteiger charge is 2.53. The Morgan fingerprint density at radius 3 is 1.42 bits per heavy atom. The van der Waals surface area contributed by atoms with Crippen LogP contribution in [-0.2, 0) is 33.2 Å².